The van der Waals surface area contributed by atoms with E-state index in [1.807, 2.05) is 0 Å². The monoisotopic (exact) mass is 482 g/mol. The van der Waals surface area contributed by atoms with Gasteiger partial charge in [0.05, 0.1) is 18.6 Å². The highest BCUT2D eigenvalue weighted by atomic mass is 16.5. The zero-order valence-corrected chi connectivity index (χ0v) is 24.0. The molecule has 0 saturated carbocycles. The molecule has 0 aliphatic carbocycles. The van der Waals surface area contributed by atoms with Gasteiger partial charge in [-0.1, -0.05) is 107 Å². The highest BCUT2D eigenvalue weighted by molar-refractivity contribution is 5.77. The number of ether oxygens (including phenoxy) is 2. The van der Waals surface area contributed by atoms with Crippen LogP contribution in [-0.4, -0.2) is 25.2 Å². The Bertz CT molecular complexity index is 514. The summed E-state index contributed by atoms with van der Waals surface area (Å²) >= 11 is 0. The number of esters is 2. The lowest BCUT2D eigenvalue weighted by atomic mass is 9.66. The third kappa shape index (κ3) is 14.4. The third-order valence-corrected chi connectivity index (χ3v) is 7.30. The fraction of sp³-hybridized carbons (Fsp3) is 0.933. The van der Waals surface area contributed by atoms with Gasteiger partial charge in [0.25, 0.3) is 0 Å². The summed E-state index contributed by atoms with van der Waals surface area (Å²) in [7, 11) is 0. The lowest BCUT2D eigenvalue weighted by Crippen LogP contribution is -2.42. The Hall–Kier alpha value is -1.06. The van der Waals surface area contributed by atoms with Crippen molar-refractivity contribution >= 4 is 11.9 Å². The standard InChI is InChI=1S/C30H58O4/c1-24(2)19-22-33-28(31)18-16-14-12-10-9-11-13-15-17-21-30(26(5)6,27(7)8)29(32)34-23-20-25(3)4/h24-27H,9-23H2,1-8H3. The van der Waals surface area contributed by atoms with Gasteiger partial charge in [0.15, 0.2) is 0 Å². The van der Waals surface area contributed by atoms with E-state index in [4.69, 9.17) is 9.47 Å². The van der Waals surface area contributed by atoms with Crippen LogP contribution in [0.5, 0.6) is 0 Å². The second-order valence-electron chi connectivity index (χ2n) is 11.8. The van der Waals surface area contributed by atoms with E-state index < -0.39 is 0 Å². The summed E-state index contributed by atoms with van der Waals surface area (Å²) < 4.78 is 11.0. The van der Waals surface area contributed by atoms with Crippen LogP contribution in [0.25, 0.3) is 0 Å². The number of unbranched alkanes of at least 4 members (excludes halogenated alkanes) is 8. The van der Waals surface area contributed by atoms with E-state index in [1.165, 1.54) is 38.5 Å². The molecule has 0 N–H and O–H groups in total. The van der Waals surface area contributed by atoms with Crippen molar-refractivity contribution < 1.29 is 19.1 Å². The summed E-state index contributed by atoms with van der Waals surface area (Å²) in [6, 6.07) is 0. The first-order valence-corrected chi connectivity index (χ1v) is 14.4. The maximum Gasteiger partial charge on any atom is 0.312 e. The SMILES string of the molecule is CC(C)CCOC(=O)CCCCCCCCCCCC(C(=O)OCCC(C)C)(C(C)C)C(C)C. The van der Waals surface area contributed by atoms with Crippen molar-refractivity contribution in [2.75, 3.05) is 13.2 Å². The Morgan fingerprint density at radius 2 is 1.00 bits per heavy atom. The fourth-order valence-electron chi connectivity index (χ4n) is 4.74. The number of carbonyl (C=O) groups is 2. The van der Waals surface area contributed by atoms with E-state index in [2.05, 4.69) is 55.4 Å². The second-order valence-corrected chi connectivity index (χ2v) is 11.8. The van der Waals surface area contributed by atoms with Crippen LogP contribution in [0.1, 0.15) is 139 Å². The maximum absolute atomic E-state index is 13.1. The highest BCUT2D eigenvalue weighted by Gasteiger charge is 2.45. The van der Waals surface area contributed by atoms with E-state index in [0.29, 0.717) is 31.5 Å². The second kappa shape index (κ2) is 19.2. The van der Waals surface area contributed by atoms with Gasteiger partial charge < -0.3 is 9.47 Å². The van der Waals surface area contributed by atoms with Crippen LogP contribution in [0.3, 0.4) is 0 Å². The van der Waals surface area contributed by atoms with Crippen molar-refractivity contribution in [3.05, 3.63) is 0 Å². The molecule has 0 unspecified atom stereocenters. The molecule has 0 atom stereocenters. The molecule has 202 valence electrons. The topological polar surface area (TPSA) is 52.6 Å². The van der Waals surface area contributed by atoms with Gasteiger partial charge in [-0.2, -0.15) is 0 Å². The predicted octanol–water partition coefficient (Wildman–Crippen LogP) is 8.75. The summed E-state index contributed by atoms with van der Waals surface area (Å²) in [5.74, 6) is 1.68. The predicted molar refractivity (Wildman–Crippen MR) is 144 cm³/mol. The Labute approximate surface area is 212 Å². The zero-order chi connectivity index (χ0) is 26.0. The molecule has 4 heteroatoms. The van der Waals surface area contributed by atoms with E-state index in [0.717, 1.165) is 38.5 Å². The van der Waals surface area contributed by atoms with Crippen molar-refractivity contribution in [2.45, 2.75) is 139 Å². The number of rotatable bonds is 21. The molecule has 0 saturated heterocycles. The average Bonchev–Trinajstić information content (AvgIpc) is 2.73. The summed E-state index contributed by atoms with van der Waals surface area (Å²) in [5, 5.41) is 0. The van der Waals surface area contributed by atoms with E-state index in [-0.39, 0.29) is 29.2 Å². The Balaban J connectivity index is 4.02. The minimum atomic E-state index is -0.368. The minimum Gasteiger partial charge on any atom is -0.466 e. The first kappa shape index (κ1) is 32.9. The first-order valence-electron chi connectivity index (χ1n) is 14.4. The van der Waals surface area contributed by atoms with E-state index >= 15 is 0 Å². The number of hydrogen-bond acceptors (Lipinski definition) is 4. The van der Waals surface area contributed by atoms with E-state index in [9.17, 15) is 9.59 Å². The average molecular weight is 483 g/mol. The number of carbonyl (C=O) groups excluding carboxylic acids is 2. The van der Waals surface area contributed by atoms with Crippen LogP contribution < -0.4 is 0 Å². The molecular weight excluding hydrogens is 424 g/mol. The normalized spacial score (nSPS) is 12.2. The Morgan fingerprint density at radius 1 is 0.588 bits per heavy atom. The molecule has 0 aromatic heterocycles. The maximum atomic E-state index is 13.1. The van der Waals surface area contributed by atoms with Gasteiger partial charge in [-0.05, 0) is 49.4 Å². The lowest BCUT2D eigenvalue weighted by molar-refractivity contribution is -0.164. The van der Waals surface area contributed by atoms with E-state index in [1.54, 1.807) is 0 Å². The molecule has 0 fully saturated rings. The molecule has 0 spiro atoms. The van der Waals surface area contributed by atoms with Crippen LogP contribution in [0.15, 0.2) is 0 Å². The molecule has 0 aliphatic heterocycles. The van der Waals surface area contributed by atoms with Gasteiger partial charge in [0.1, 0.15) is 0 Å². The molecule has 4 nitrogen and oxygen atoms in total. The van der Waals surface area contributed by atoms with Crippen molar-refractivity contribution in [1.29, 1.82) is 0 Å². The Kier molecular flexibility index (Phi) is 18.6. The molecular formula is C30H58O4. The summed E-state index contributed by atoms with van der Waals surface area (Å²) in [6.45, 7) is 18.4. The van der Waals surface area contributed by atoms with Crippen molar-refractivity contribution in [1.82, 2.24) is 0 Å². The van der Waals surface area contributed by atoms with Crippen LogP contribution >= 0.6 is 0 Å². The van der Waals surface area contributed by atoms with Crippen LogP contribution in [0, 0.1) is 29.1 Å². The van der Waals surface area contributed by atoms with Gasteiger partial charge in [-0.15, -0.1) is 0 Å². The third-order valence-electron chi connectivity index (χ3n) is 7.30. The molecule has 0 rings (SSSR count). The summed E-state index contributed by atoms with van der Waals surface area (Å²) in [6.07, 6.45) is 13.9. The molecule has 0 aliphatic rings. The van der Waals surface area contributed by atoms with Gasteiger partial charge >= 0.3 is 11.9 Å². The lowest BCUT2D eigenvalue weighted by Gasteiger charge is -2.39. The molecule has 0 radical (unpaired) electrons. The summed E-state index contributed by atoms with van der Waals surface area (Å²) in [4.78, 5) is 24.8. The molecule has 0 amide bonds. The molecule has 0 heterocycles. The smallest absolute Gasteiger partial charge is 0.312 e. The van der Waals surface area contributed by atoms with Gasteiger partial charge in [-0.3, -0.25) is 9.59 Å². The zero-order valence-electron chi connectivity index (χ0n) is 24.0. The van der Waals surface area contributed by atoms with Crippen LogP contribution in [-0.2, 0) is 19.1 Å². The molecule has 0 aromatic rings. The van der Waals surface area contributed by atoms with Crippen molar-refractivity contribution in [3.8, 4) is 0 Å². The molecule has 0 bridgehead atoms. The molecule has 0 aromatic carbocycles. The van der Waals surface area contributed by atoms with Crippen molar-refractivity contribution in [2.24, 2.45) is 29.1 Å². The molecule has 34 heavy (non-hydrogen) atoms. The van der Waals surface area contributed by atoms with Gasteiger partial charge in [0.2, 0.25) is 0 Å². The summed E-state index contributed by atoms with van der Waals surface area (Å²) in [5.41, 5.74) is -0.368. The minimum absolute atomic E-state index is 0.0157. The van der Waals surface area contributed by atoms with Crippen molar-refractivity contribution in [3.63, 3.8) is 0 Å². The van der Waals surface area contributed by atoms with Gasteiger partial charge in [-0.25, -0.2) is 0 Å². The first-order chi connectivity index (χ1) is 16.0. The van der Waals surface area contributed by atoms with Crippen LogP contribution in [0.2, 0.25) is 0 Å². The quantitative estimate of drug-likeness (QED) is 0.121. The number of hydrogen-bond donors (Lipinski definition) is 0. The largest absolute Gasteiger partial charge is 0.466 e. The Morgan fingerprint density at radius 3 is 1.44 bits per heavy atom. The highest BCUT2D eigenvalue weighted by Crippen LogP contribution is 2.42. The van der Waals surface area contributed by atoms with Gasteiger partial charge in [0, 0.05) is 6.42 Å². The van der Waals surface area contributed by atoms with Crippen LogP contribution in [0.4, 0.5) is 0 Å². The fourth-order valence-corrected chi connectivity index (χ4v) is 4.74.